The summed E-state index contributed by atoms with van der Waals surface area (Å²) in [6, 6.07) is 12.0. The lowest BCUT2D eigenvalue weighted by atomic mass is 10.1. The molecule has 2 N–H and O–H groups in total. The Bertz CT molecular complexity index is 842. The highest BCUT2D eigenvalue weighted by molar-refractivity contribution is 7.18. The Kier molecular flexibility index (Phi) is 3.37. The van der Waals surface area contributed by atoms with Gasteiger partial charge in [0.2, 0.25) is 0 Å². The van der Waals surface area contributed by atoms with Gasteiger partial charge < -0.3 is 10.4 Å². The monoisotopic (exact) mass is 298 g/mol. The summed E-state index contributed by atoms with van der Waals surface area (Å²) >= 11 is 1.02. The van der Waals surface area contributed by atoms with Gasteiger partial charge in [-0.3, -0.25) is 9.78 Å². The van der Waals surface area contributed by atoms with Crippen LogP contribution in [0.15, 0.2) is 48.7 Å². The van der Waals surface area contributed by atoms with Crippen LogP contribution in [0.2, 0.25) is 0 Å². The molecule has 0 spiro atoms. The van der Waals surface area contributed by atoms with Crippen LogP contribution in [0.5, 0.6) is 0 Å². The second-order valence-corrected chi connectivity index (χ2v) is 5.42. The van der Waals surface area contributed by atoms with Crippen molar-refractivity contribution in [3.63, 3.8) is 0 Å². The first-order valence-electron chi connectivity index (χ1n) is 6.13. The van der Waals surface area contributed by atoms with Gasteiger partial charge in [0.25, 0.3) is 5.91 Å². The molecule has 0 saturated heterocycles. The molecule has 6 heteroatoms. The number of nitrogens with zero attached hydrogens (tertiary/aromatic N) is 1. The number of carboxylic acids is 1. The van der Waals surface area contributed by atoms with Crippen molar-refractivity contribution in [2.75, 3.05) is 5.32 Å². The Labute approximate surface area is 123 Å². The highest BCUT2D eigenvalue weighted by atomic mass is 32.1. The molecule has 0 aliphatic heterocycles. The van der Waals surface area contributed by atoms with Gasteiger partial charge in [-0.2, -0.15) is 0 Å². The zero-order valence-corrected chi connectivity index (χ0v) is 11.6. The Balaban J connectivity index is 1.84. The molecule has 3 rings (SSSR count). The normalized spacial score (nSPS) is 10.5. The van der Waals surface area contributed by atoms with Gasteiger partial charge in [-0.25, -0.2) is 4.79 Å². The van der Waals surface area contributed by atoms with Crippen LogP contribution in [0.1, 0.15) is 20.0 Å². The number of aromatic carboxylic acids is 1. The molecule has 0 fully saturated rings. The molecular weight excluding hydrogens is 288 g/mol. The Hall–Kier alpha value is -2.73. The fraction of sp³-hybridized carbons (Fsp3) is 0. The summed E-state index contributed by atoms with van der Waals surface area (Å²) in [5, 5.41) is 12.9. The van der Waals surface area contributed by atoms with E-state index in [1.54, 1.807) is 30.5 Å². The number of carbonyl (C=O) groups excluding carboxylic acids is 1. The lowest BCUT2D eigenvalue weighted by molar-refractivity contribution is 0.0702. The first kappa shape index (κ1) is 13.3. The molecule has 0 bridgehead atoms. The average Bonchev–Trinajstić information content (AvgIpc) is 2.95. The second-order valence-electron chi connectivity index (χ2n) is 4.33. The number of hydrogen-bond acceptors (Lipinski definition) is 4. The van der Waals surface area contributed by atoms with E-state index in [9.17, 15) is 9.59 Å². The number of hydrogen-bond donors (Lipinski definition) is 2. The molecule has 2 heterocycles. The van der Waals surface area contributed by atoms with Gasteiger partial charge in [-0.1, -0.05) is 6.07 Å². The fourth-order valence-electron chi connectivity index (χ4n) is 1.92. The van der Waals surface area contributed by atoms with E-state index in [2.05, 4.69) is 10.3 Å². The molecular formula is C15H10N2O3S. The molecule has 5 nitrogen and oxygen atoms in total. The van der Waals surface area contributed by atoms with Crippen LogP contribution in [0.4, 0.5) is 5.00 Å². The number of carboxylic acid groups (broad SMARTS) is 1. The molecule has 0 unspecified atom stereocenters. The first-order chi connectivity index (χ1) is 10.1. The number of thiophene rings is 1. The SMILES string of the molecule is O=C(Nc1ccc(C(=O)O)s1)c1ccc2ncccc2c1. The van der Waals surface area contributed by atoms with E-state index in [0.29, 0.717) is 10.6 Å². The molecule has 1 aromatic carbocycles. The molecule has 0 aliphatic carbocycles. The summed E-state index contributed by atoms with van der Waals surface area (Å²) in [5.41, 5.74) is 1.32. The minimum absolute atomic E-state index is 0.188. The van der Waals surface area contributed by atoms with Gasteiger partial charge in [0.05, 0.1) is 10.5 Å². The van der Waals surface area contributed by atoms with Gasteiger partial charge in [0, 0.05) is 17.1 Å². The molecule has 2 aromatic heterocycles. The first-order valence-corrected chi connectivity index (χ1v) is 6.94. The number of rotatable bonds is 3. The molecule has 21 heavy (non-hydrogen) atoms. The zero-order chi connectivity index (χ0) is 14.8. The average molecular weight is 298 g/mol. The molecule has 3 aromatic rings. The van der Waals surface area contributed by atoms with Crippen LogP contribution in [-0.2, 0) is 0 Å². The maximum atomic E-state index is 12.2. The zero-order valence-electron chi connectivity index (χ0n) is 10.7. The van der Waals surface area contributed by atoms with Crippen molar-refractivity contribution in [3.8, 4) is 0 Å². The van der Waals surface area contributed by atoms with E-state index in [0.717, 1.165) is 22.2 Å². The largest absolute Gasteiger partial charge is 0.477 e. The van der Waals surface area contributed by atoms with E-state index < -0.39 is 5.97 Å². The van der Waals surface area contributed by atoms with E-state index in [-0.39, 0.29) is 10.8 Å². The van der Waals surface area contributed by atoms with Crippen molar-refractivity contribution in [1.82, 2.24) is 4.98 Å². The van der Waals surface area contributed by atoms with Crippen molar-refractivity contribution >= 4 is 39.1 Å². The topological polar surface area (TPSA) is 79.3 Å². The van der Waals surface area contributed by atoms with E-state index in [1.165, 1.54) is 6.07 Å². The van der Waals surface area contributed by atoms with Gasteiger partial charge >= 0.3 is 5.97 Å². The third-order valence-corrected chi connectivity index (χ3v) is 3.91. The quantitative estimate of drug-likeness (QED) is 0.778. The van der Waals surface area contributed by atoms with Crippen molar-refractivity contribution in [2.24, 2.45) is 0 Å². The smallest absolute Gasteiger partial charge is 0.345 e. The van der Waals surface area contributed by atoms with Crippen molar-refractivity contribution < 1.29 is 14.7 Å². The third kappa shape index (κ3) is 2.75. The number of anilines is 1. The highest BCUT2D eigenvalue weighted by Gasteiger charge is 2.11. The van der Waals surface area contributed by atoms with Crippen LogP contribution >= 0.6 is 11.3 Å². The predicted molar refractivity (Wildman–Crippen MR) is 81.0 cm³/mol. The molecule has 0 saturated carbocycles. The minimum Gasteiger partial charge on any atom is -0.477 e. The highest BCUT2D eigenvalue weighted by Crippen LogP contribution is 2.23. The van der Waals surface area contributed by atoms with Gasteiger partial charge in [0.15, 0.2) is 0 Å². The maximum absolute atomic E-state index is 12.2. The van der Waals surface area contributed by atoms with Crippen molar-refractivity contribution in [1.29, 1.82) is 0 Å². The van der Waals surface area contributed by atoms with Crippen LogP contribution in [0.3, 0.4) is 0 Å². The van der Waals surface area contributed by atoms with Gasteiger partial charge in [-0.05, 0) is 36.4 Å². The number of pyridine rings is 1. The lowest BCUT2D eigenvalue weighted by Crippen LogP contribution is -2.10. The molecule has 104 valence electrons. The van der Waals surface area contributed by atoms with Crippen LogP contribution < -0.4 is 5.32 Å². The summed E-state index contributed by atoms with van der Waals surface area (Å²) in [5.74, 6) is -1.28. The van der Waals surface area contributed by atoms with Crippen LogP contribution in [0.25, 0.3) is 10.9 Å². The molecule has 0 aliphatic rings. The third-order valence-electron chi connectivity index (χ3n) is 2.92. The summed E-state index contributed by atoms with van der Waals surface area (Å²) < 4.78 is 0. The number of aromatic nitrogens is 1. The van der Waals surface area contributed by atoms with Crippen LogP contribution in [-0.4, -0.2) is 22.0 Å². The minimum atomic E-state index is -1.00. The Morgan fingerprint density at radius 2 is 2.00 bits per heavy atom. The number of fused-ring (bicyclic) bond motifs is 1. The summed E-state index contributed by atoms with van der Waals surface area (Å²) in [6.07, 6.45) is 1.70. The lowest BCUT2D eigenvalue weighted by Gasteiger charge is -2.03. The fourth-order valence-corrected chi connectivity index (χ4v) is 2.66. The Morgan fingerprint density at radius 3 is 2.76 bits per heavy atom. The molecule has 0 radical (unpaired) electrons. The van der Waals surface area contributed by atoms with Gasteiger partial charge in [-0.15, -0.1) is 11.3 Å². The van der Waals surface area contributed by atoms with E-state index >= 15 is 0 Å². The van der Waals surface area contributed by atoms with Crippen molar-refractivity contribution in [3.05, 3.63) is 59.1 Å². The number of carbonyl (C=O) groups is 2. The Morgan fingerprint density at radius 1 is 1.14 bits per heavy atom. The number of benzene rings is 1. The van der Waals surface area contributed by atoms with Crippen molar-refractivity contribution in [2.45, 2.75) is 0 Å². The summed E-state index contributed by atoms with van der Waals surface area (Å²) in [7, 11) is 0. The number of amides is 1. The van der Waals surface area contributed by atoms with Gasteiger partial charge in [0.1, 0.15) is 4.88 Å². The second kappa shape index (κ2) is 5.34. The van der Waals surface area contributed by atoms with Crippen LogP contribution in [0, 0.1) is 0 Å². The molecule has 0 atom stereocenters. The summed E-state index contributed by atoms with van der Waals surface area (Å²) in [6.45, 7) is 0. The number of nitrogens with one attached hydrogen (secondary N) is 1. The van der Waals surface area contributed by atoms with E-state index in [1.807, 2.05) is 12.1 Å². The molecule has 1 amide bonds. The van der Waals surface area contributed by atoms with E-state index in [4.69, 9.17) is 5.11 Å². The standard InChI is InChI=1S/C15H10N2O3S/c18-14(17-13-6-5-12(21-13)15(19)20)10-3-4-11-9(8-10)2-1-7-16-11/h1-8H,(H,17,18)(H,19,20). The predicted octanol–water partition coefficient (Wildman–Crippen LogP) is 3.25. The summed E-state index contributed by atoms with van der Waals surface area (Å²) in [4.78, 5) is 27.4. The maximum Gasteiger partial charge on any atom is 0.345 e.